The number of nitrogens with zero attached hydrogens (tertiary/aromatic N) is 1. The maximum absolute atomic E-state index is 14.3. The third kappa shape index (κ3) is 2.40. The standard InChI is InChI=1S/C19H14FN3O/c20-15-11-21-8-6-13(15)18-14(10-12-4-2-1-3-5-12)17-16(23-18)7-9-22-19(17)24/h1-9,11,23H,10H2,(H,22,24). The first kappa shape index (κ1) is 14.4. The van der Waals surface area contributed by atoms with E-state index in [1.165, 1.54) is 6.20 Å². The van der Waals surface area contributed by atoms with Crippen LogP contribution in [0.3, 0.4) is 0 Å². The number of benzene rings is 1. The van der Waals surface area contributed by atoms with Crippen LogP contribution in [0, 0.1) is 5.82 Å². The molecule has 0 saturated carbocycles. The van der Waals surface area contributed by atoms with Crippen molar-refractivity contribution in [2.45, 2.75) is 6.42 Å². The highest BCUT2D eigenvalue weighted by atomic mass is 19.1. The topological polar surface area (TPSA) is 61.5 Å². The van der Waals surface area contributed by atoms with Gasteiger partial charge in [0.1, 0.15) is 0 Å². The van der Waals surface area contributed by atoms with Crippen molar-refractivity contribution >= 4 is 10.9 Å². The van der Waals surface area contributed by atoms with Crippen LogP contribution >= 0.6 is 0 Å². The molecule has 4 rings (SSSR count). The molecule has 1 aromatic carbocycles. The van der Waals surface area contributed by atoms with E-state index >= 15 is 0 Å². The third-order valence-corrected chi connectivity index (χ3v) is 4.09. The summed E-state index contributed by atoms with van der Waals surface area (Å²) in [5.74, 6) is -0.421. The van der Waals surface area contributed by atoms with Crippen molar-refractivity contribution in [1.29, 1.82) is 0 Å². The quantitative estimate of drug-likeness (QED) is 0.605. The Bertz CT molecular complexity index is 1070. The van der Waals surface area contributed by atoms with E-state index in [-0.39, 0.29) is 5.56 Å². The smallest absolute Gasteiger partial charge is 0.257 e. The third-order valence-electron chi connectivity index (χ3n) is 4.09. The van der Waals surface area contributed by atoms with Crippen LogP contribution < -0.4 is 5.56 Å². The largest absolute Gasteiger partial charge is 0.354 e. The van der Waals surface area contributed by atoms with Gasteiger partial charge in [0.2, 0.25) is 0 Å². The average Bonchev–Trinajstić information content (AvgIpc) is 2.96. The number of H-pyrrole nitrogens is 2. The van der Waals surface area contributed by atoms with Gasteiger partial charge >= 0.3 is 0 Å². The van der Waals surface area contributed by atoms with E-state index in [1.54, 1.807) is 24.5 Å². The van der Waals surface area contributed by atoms with Crippen LogP contribution in [-0.2, 0) is 6.42 Å². The molecule has 0 spiro atoms. The molecular formula is C19H14FN3O. The Morgan fingerprint density at radius 2 is 1.92 bits per heavy atom. The zero-order valence-electron chi connectivity index (χ0n) is 12.7. The molecule has 4 nitrogen and oxygen atoms in total. The van der Waals surface area contributed by atoms with Gasteiger partial charge in [0, 0.05) is 24.4 Å². The minimum atomic E-state index is -0.421. The van der Waals surface area contributed by atoms with Gasteiger partial charge < -0.3 is 9.97 Å². The van der Waals surface area contributed by atoms with Crippen molar-refractivity contribution in [3.05, 3.63) is 88.4 Å². The summed E-state index contributed by atoms with van der Waals surface area (Å²) < 4.78 is 14.3. The summed E-state index contributed by atoms with van der Waals surface area (Å²) in [5.41, 5.74) is 3.36. The van der Waals surface area contributed by atoms with Crippen LogP contribution in [0.15, 0.2) is 65.8 Å². The molecule has 3 aromatic heterocycles. The highest BCUT2D eigenvalue weighted by Crippen LogP contribution is 2.31. The molecule has 2 N–H and O–H groups in total. The molecule has 5 heteroatoms. The van der Waals surface area contributed by atoms with E-state index in [4.69, 9.17) is 0 Å². The van der Waals surface area contributed by atoms with Crippen molar-refractivity contribution in [3.63, 3.8) is 0 Å². The molecular weight excluding hydrogens is 305 g/mol. The summed E-state index contributed by atoms with van der Waals surface area (Å²) >= 11 is 0. The predicted molar refractivity (Wildman–Crippen MR) is 91.4 cm³/mol. The number of fused-ring (bicyclic) bond motifs is 1. The fourth-order valence-electron chi connectivity index (χ4n) is 3.00. The molecule has 4 aromatic rings. The molecule has 0 bridgehead atoms. The zero-order valence-corrected chi connectivity index (χ0v) is 12.7. The lowest BCUT2D eigenvalue weighted by molar-refractivity contribution is 0.624. The average molecular weight is 319 g/mol. The maximum atomic E-state index is 14.3. The lowest BCUT2D eigenvalue weighted by atomic mass is 9.99. The summed E-state index contributed by atoms with van der Waals surface area (Å²) in [6.07, 6.45) is 4.84. The summed E-state index contributed by atoms with van der Waals surface area (Å²) in [6.45, 7) is 0. The van der Waals surface area contributed by atoms with E-state index < -0.39 is 5.82 Å². The van der Waals surface area contributed by atoms with Crippen LogP contribution in [-0.4, -0.2) is 15.0 Å². The number of hydrogen-bond acceptors (Lipinski definition) is 2. The molecule has 0 amide bonds. The molecule has 118 valence electrons. The van der Waals surface area contributed by atoms with Crippen molar-refractivity contribution < 1.29 is 4.39 Å². The van der Waals surface area contributed by atoms with E-state index in [0.717, 1.165) is 11.1 Å². The van der Waals surface area contributed by atoms with Crippen LogP contribution in [0.25, 0.3) is 22.2 Å². The Morgan fingerprint density at radius 3 is 2.71 bits per heavy atom. The molecule has 0 aliphatic carbocycles. The van der Waals surface area contributed by atoms with Gasteiger partial charge in [-0.25, -0.2) is 4.39 Å². The van der Waals surface area contributed by atoms with Crippen LogP contribution in [0.1, 0.15) is 11.1 Å². The molecule has 0 radical (unpaired) electrons. The fourth-order valence-corrected chi connectivity index (χ4v) is 3.00. The molecule has 0 saturated heterocycles. The molecule has 0 fully saturated rings. The Labute approximate surface area is 137 Å². The van der Waals surface area contributed by atoms with Crippen molar-refractivity contribution in [2.24, 2.45) is 0 Å². The lowest BCUT2D eigenvalue weighted by Gasteiger charge is -2.06. The molecule has 24 heavy (non-hydrogen) atoms. The second kappa shape index (κ2) is 5.77. The van der Waals surface area contributed by atoms with E-state index in [1.807, 2.05) is 30.3 Å². The van der Waals surface area contributed by atoms with E-state index in [2.05, 4.69) is 15.0 Å². The van der Waals surface area contributed by atoms with Gasteiger partial charge in [-0.2, -0.15) is 0 Å². The summed E-state index contributed by atoms with van der Waals surface area (Å²) in [7, 11) is 0. The maximum Gasteiger partial charge on any atom is 0.257 e. The first-order chi connectivity index (χ1) is 11.7. The minimum absolute atomic E-state index is 0.185. The highest BCUT2D eigenvalue weighted by molar-refractivity contribution is 5.90. The molecule has 0 unspecified atom stereocenters. The van der Waals surface area contributed by atoms with E-state index in [0.29, 0.717) is 28.6 Å². The van der Waals surface area contributed by atoms with Crippen LogP contribution in [0.4, 0.5) is 4.39 Å². The van der Waals surface area contributed by atoms with Gasteiger partial charge in [0.05, 0.1) is 22.8 Å². The summed E-state index contributed by atoms with van der Waals surface area (Å²) in [5, 5.41) is 0.563. The normalized spacial score (nSPS) is 11.0. The van der Waals surface area contributed by atoms with Crippen LogP contribution in [0.5, 0.6) is 0 Å². The molecule has 0 aliphatic heterocycles. The van der Waals surface area contributed by atoms with Crippen molar-refractivity contribution in [3.8, 4) is 11.3 Å². The van der Waals surface area contributed by atoms with Crippen molar-refractivity contribution in [1.82, 2.24) is 15.0 Å². The SMILES string of the molecule is O=c1[nH]ccc2[nH]c(-c3ccncc3F)c(Cc3ccccc3)c12. The molecule has 0 aliphatic rings. The highest BCUT2D eigenvalue weighted by Gasteiger charge is 2.18. The predicted octanol–water partition coefficient (Wildman–Crippen LogP) is 3.65. The number of nitrogens with one attached hydrogen (secondary N) is 2. The Kier molecular flexibility index (Phi) is 3.46. The molecule has 0 atom stereocenters. The number of aromatic amines is 2. The van der Waals surface area contributed by atoms with Gasteiger partial charge in [-0.3, -0.25) is 9.78 Å². The van der Waals surface area contributed by atoms with Gasteiger partial charge in [-0.05, 0) is 23.3 Å². The number of aromatic nitrogens is 3. The van der Waals surface area contributed by atoms with Gasteiger partial charge in [0.25, 0.3) is 5.56 Å². The second-order valence-corrected chi connectivity index (χ2v) is 5.59. The Hall–Kier alpha value is -3.21. The number of rotatable bonds is 3. The second-order valence-electron chi connectivity index (χ2n) is 5.59. The monoisotopic (exact) mass is 319 g/mol. The minimum Gasteiger partial charge on any atom is -0.354 e. The fraction of sp³-hybridized carbons (Fsp3) is 0.0526. The van der Waals surface area contributed by atoms with E-state index in [9.17, 15) is 9.18 Å². The van der Waals surface area contributed by atoms with Crippen LogP contribution in [0.2, 0.25) is 0 Å². The summed E-state index contributed by atoms with van der Waals surface area (Å²) in [4.78, 5) is 22.0. The Morgan fingerprint density at radius 1 is 1.08 bits per heavy atom. The number of halogens is 1. The lowest BCUT2D eigenvalue weighted by Crippen LogP contribution is -2.05. The van der Waals surface area contributed by atoms with Gasteiger partial charge in [-0.1, -0.05) is 30.3 Å². The number of hydrogen-bond donors (Lipinski definition) is 2. The first-order valence-electron chi connectivity index (χ1n) is 7.60. The first-order valence-corrected chi connectivity index (χ1v) is 7.60. The zero-order chi connectivity index (χ0) is 16.5. The number of pyridine rings is 2. The molecule has 3 heterocycles. The summed E-state index contributed by atoms with van der Waals surface area (Å²) in [6, 6.07) is 13.2. The Balaban J connectivity index is 2.00. The van der Waals surface area contributed by atoms with Gasteiger partial charge in [0.15, 0.2) is 5.82 Å². The van der Waals surface area contributed by atoms with Gasteiger partial charge in [-0.15, -0.1) is 0 Å². The van der Waals surface area contributed by atoms with Crippen molar-refractivity contribution in [2.75, 3.05) is 0 Å².